The maximum atomic E-state index is 13.7. The number of carboxylic acids is 1. The van der Waals surface area contributed by atoms with Crippen LogP contribution in [0.3, 0.4) is 0 Å². The van der Waals surface area contributed by atoms with Crippen molar-refractivity contribution in [3.8, 4) is 0 Å². The van der Waals surface area contributed by atoms with Gasteiger partial charge in [-0.2, -0.15) is 0 Å². The van der Waals surface area contributed by atoms with E-state index in [0.29, 0.717) is 6.04 Å². The average molecular weight is 264 g/mol. The summed E-state index contributed by atoms with van der Waals surface area (Å²) in [7, 11) is 0. The van der Waals surface area contributed by atoms with Gasteiger partial charge in [0, 0.05) is 31.4 Å². The van der Waals surface area contributed by atoms with Gasteiger partial charge in [-0.25, -0.2) is 9.18 Å². The van der Waals surface area contributed by atoms with E-state index in [4.69, 9.17) is 5.11 Å². The minimum Gasteiger partial charge on any atom is -0.478 e. The number of fused-ring (bicyclic) bond motifs is 1. The van der Waals surface area contributed by atoms with Crippen molar-refractivity contribution in [3.63, 3.8) is 0 Å². The molecule has 3 rings (SSSR count). The van der Waals surface area contributed by atoms with Crippen molar-refractivity contribution < 1.29 is 14.3 Å². The van der Waals surface area contributed by atoms with Crippen LogP contribution >= 0.6 is 0 Å². The zero-order chi connectivity index (χ0) is 13.4. The van der Waals surface area contributed by atoms with Gasteiger partial charge in [-0.05, 0) is 37.6 Å². The number of piperazine rings is 1. The molecule has 1 aromatic rings. The number of hydrogen-bond acceptors (Lipinski definition) is 3. The number of carbonyl (C=O) groups is 1. The van der Waals surface area contributed by atoms with Crippen molar-refractivity contribution in [3.05, 3.63) is 29.6 Å². The zero-order valence-corrected chi connectivity index (χ0v) is 10.7. The fourth-order valence-electron chi connectivity index (χ4n) is 3.10. The van der Waals surface area contributed by atoms with Crippen LogP contribution in [-0.4, -0.2) is 48.2 Å². The van der Waals surface area contributed by atoms with Crippen LogP contribution < -0.4 is 4.90 Å². The smallest absolute Gasteiger partial charge is 0.338 e. The fraction of sp³-hybridized carbons (Fsp3) is 0.500. The van der Waals surface area contributed by atoms with Crippen LogP contribution in [0.5, 0.6) is 0 Å². The van der Waals surface area contributed by atoms with Crippen molar-refractivity contribution in [2.75, 3.05) is 31.1 Å². The molecule has 1 aromatic carbocycles. The monoisotopic (exact) mass is 264 g/mol. The van der Waals surface area contributed by atoms with Gasteiger partial charge in [-0.3, -0.25) is 4.90 Å². The van der Waals surface area contributed by atoms with Gasteiger partial charge < -0.3 is 10.0 Å². The number of rotatable bonds is 2. The lowest BCUT2D eigenvalue weighted by molar-refractivity contribution is 0.0692. The molecule has 5 heteroatoms. The first-order valence-electron chi connectivity index (χ1n) is 6.67. The van der Waals surface area contributed by atoms with Crippen LogP contribution in [0.2, 0.25) is 0 Å². The lowest BCUT2D eigenvalue weighted by Gasteiger charge is -2.38. The summed E-state index contributed by atoms with van der Waals surface area (Å²) < 4.78 is 13.7. The molecule has 0 aliphatic carbocycles. The Kier molecular flexibility index (Phi) is 3.14. The van der Waals surface area contributed by atoms with E-state index in [-0.39, 0.29) is 5.56 Å². The molecule has 2 heterocycles. The minimum atomic E-state index is -1.22. The van der Waals surface area contributed by atoms with Crippen molar-refractivity contribution in [1.29, 1.82) is 0 Å². The lowest BCUT2D eigenvalue weighted by Crippen LogP contribution is -2.50. The van der Waals surface area contributed by atoms with E-state index in [0.717, 1.165) is 25.3 Å². The van der Waals surface area contributed by atoms with Crippen molar-refractivity contribution >= 4 is 11.7 Å². The Labute approximate surface area is 111 Å². The highest BCUT2D eigenvalue weighted by Gasteiger charge is 2.30. The quantitative estimate of drug-likeness (QED) is 0.884. The van der Waals surface area contributed by atoms with E-state index in [1.807, 2.05) is 0 Å². The highest BCUT2D eigenvalue weighted by molar-refractivity contribution is 5.88. The molecule has 0 unspecified atom stereocenters. The molecule has 4 nitrogen and oxygen atoms in total. The van der Waals surface area contributed by atoms with Gasteiger partial charge >= 0.3 is 5.97 Å². The molecule has 0 amide bonds. The van der Waals surface area contributed by atoms with Gasteiger partial charge in [0.1, 0.15) is 5.82 Å². The van der Waals surface area contributed by atoms with E-state index in [9.17, 15) is 9.18 Å². The van der Waals surface area contributed by atoms with Crippen LogP contribution in [-0.2, 0) is 0 Å². The number of halogens is 1. The van der Waals surface area contributed by atoms with E-state index in [2.05, 4.69) is 9.80 Å². The molecular weight excluding hydrogens is 247 g/mol. The Balaban J connectivity index is 1.79. The van der Waals surface area contributed by atoms with Crippen LogP contribution in [0, 0.1) is 5.82 Å². The number of nitrogens with zero attached hydrogens (tertiary/aromatic N) is 2. The second-order valence-corrected chi connectivity index (χ2v) is 5.25. The van der Waals surface area contributed by atoms with E-state index in [1.165, 1.54) is 31.5 Å². The first kappa shape index (κ1) is 12.4. The molecule has 0 aromatic heterocycles. The molecular formula is C14H17FN2O2. The molecule has 102 valence electrons. The molecule has 2 aliphatic heterocycles. The number of hydrogen-bond donors (Lipinski definition) is 1. The van der Waals surface area contributed by atoms with Crippen molar-refractivity contribution in [2.45, 2.75) is 18.9 Å². The Bertz CT molecular complexity index is 506. The lowest BCUT2D eigenvalue weighted by atomic mass is 10.1. The second-order valence-electron chi connectivity index (χ2n) is 5.25. The summed E-state index contributed by atoms with van der Waals surface area (Å²) in [5.74, 6) is -1.87. The predicted molar refractivity (Wildman–Crippen MR) is 70.2 cm³/mol. The summed E-state index contributed by atoms with van der Waals surface area (Å²) in [6, 6.07) is 4.97. The third kappa shape index (κ3) is 2.30. The zero-order valence-electron chi connectivity index (χ0n) is 10.7. The minimum absolute atomic E-state index is 0.261. The number of aromatic carboxylic acids is 1. The predicted octanol–water partition coefficient (Wildman–Crippen LogP) is 1.81. The second kappa shape index (κ2) is 4.81. The van der Waals surface area contributed by atoms with Crippen LogP contribution in [0.25, 0.3) is 0 Å². The molecule has 1 atom stereocenters. The molecule has 0 saturated carbocycles. The summed E-state index contributed by atoms with van der Waals surface area (Å²) in [6.45, 7) is 3.96. The highest BCUT2D eigenvalue weighted by atomic mass is 19.1. The third-order valence-corrected chi connectivity index (χ3v) is 4.14. The Morgan fingerprint density at radius 2 is 2.16 bits per heavy atom. The van der Waals surface area contributed by atoms with Gasteiger partial charge in [0.2, 0.25) is 0 Å². The standard InChI is InChI=1S/C14H17FN2O2/c15-13-8-10(3-4-12(13)14(18)19)17-7-6-16-5-1-2-11(16)9-17/h3-4,8,11H,1-2,5-7,9H2,(H,18,19)/t11-/m0/s1. The first-order chi connectivity index (χ1) is 9.15. The number of carboxylic acid groups (broad SMARTS) is 1. The summed E-state index contributed by atoms with van der Waals surface area (Å²) >= 11 is 0. The summed E-state index contributed by atoms with van der Waals surface area (Å²) in [5, 5.41) is 8.83. The van der Waals surface area contributed by atoms with E-state index >= 15 is 0 Å². The van der Waals surface area contributed by atoms with Gasteiger partial charge in [0.05, 0.1) is 5.56 Å². The number of anilines is 1. The maximum absolute atomic E-state index is 13.7. The average Bonchev–Trinajstić information content (AvgIpc) is 2.85. The number of benzene rings is 1. The Morgan fingerprint density at radius 1 is 1.32 bits per heavy atom. The fourth-order valence-corrected chi connectivity index (χ4v) is 3.10. The topological polar surface area (TPSA) is 43.8 Å². The van der Waals surface area contributed by atoms with Gasteiger partial charge in [-0.1, -0.05) is 0 Å². The summed E-state index contributed by atoms with van der Waals surface area (Å²) in [4.78, 5) is 15.4. The molecule has 19 heavy (non-hydrogen) atoms. The van der Waals surface area contributed by atoms with Crippen LogP contribution in [0.1, 0.15) is 23.2 Å². The third-order valence-electron chi connectivity index (χ3n) is 4.14. The van der Waals surface area contributed by atoms with Crippen LogP contribution in [0.15, 0.2) is 18.2 Å². The van der Waals surface area contributed by atoms with Crippen molar-refractivity contribution in [2.24, 2.45) is 0 Å². The van der Waals surface area contributed by atoms with E-state index in [1.54, 1.807) is 6.07 Å². The van der Waals surface area contributed by atoms with Gasteiger partial charge in [0.25, 0.3) is 0 Å². The SMILES string of the molecule is O=C(O)c1ccc(N2CCN3CCC[C@H]3C2)cc1F. The van der Waals surface area contributed by atoms with Gasteiger partial charge in [-0.15, -0.1) is 0 Å². The van der Waals surface area contributed by atoms with Gasteiger partial charge in [0.15, 0.2) is 0 Å². The first-order valence-corrected chi connectivity index (χ1v) is 6.67. The Hall–Kier alpha value is -1.62. The molecule has 0 bridgehead atoms. The maximum Gasteiger partial charge on any atom is 0.338 e. The normalized spacial score (nSPS) is 23.4. The Morgan fingerprint density at radius 3 is 2.89 bits per heavy atom. The summed E-state index contributed by atoms with van der Waals surface area (Å²) in [6.07, 6.45) is 2.44. The largest absolute Gasteiger partial charge is 0.478 e. The van der Waals surface area contributed by atoms with Crippen molar-refractivity contribution in [1.82, 2.24) is 4.90 Å². The summed E-state index contributed by atoms with van der Waals surface area (Å²) in [5.41, 5.74) is 0.525. The molecule has 2 aliphatic rings. The molecule has 2 saturated heterocycles. The highest BCUT2D eigenvalue weighted by Crippen LogP contribution is 2.26. The molecule has 1 N–H and O–H groups in total. The molecule has 2 fully saturated rings. The molecule has 0 radical (unpaired) electrons. The molecule has 0 spiro atoms. The van der Waals surface area contributed by atoms with Crippen LogP contribution in [0.4, 0.5) is 10.1 Å². The van der Waals surface area contributed by atoms with E-state index < -0.39 is 11.8 Å².